The number of phosphoric acid groups is 2. The smallest absolute Gasteiger partial charge is 0.462 e. The topological polar surface area (TPSA) is 237 Å². The van der Waals surface area contributed by atoms with Crippen LogP contribution in [0.1, 0.15) is 401 Å². The highest BCUT2D eigenvalue weighted by Crippen LogP contribution is 2.45. The van der Waals surface area contributed by atoms with Crippen LogP contribution in [0, 0.1) is 11.8 Å². The van der Waals surface area contributed by atoms with Crippen molar-refractivity contribution in [2.24, 2.45) is 11.8 Å². The molecule has 0 radical (unpaired) electrons. The third-order valence-corrected chi connectivity index (χ3v) is 19.9. The number of phosphoric ester groups is 2. The summed E-state index contributed by atoms with van der Waals surface area (Å²) < 4.78 is 68.3. The van der Waals surface area contributed by atoms with Crippen LogP contribution in [-0.4, -0.2) is 96.7 Å². The Bertz CT molecular complexity index is 1860. The zero-order valence-electron chi connectivity index (χ0n) is 62.7. The lowest BCUT2D eigenvalue weighted by Gasteiger charge is -2.21. The minimum Gasteiger partial charge on any atom is -0.462 e. The number of carbonyl (C=O) groups excluding carboxylic acids is 4. The summed E-state index contributed by atoms with van der Waals surface area (Å²) in [5.74, 6) is -0.575. The first-order valence-corrected chi connectivity index (χ1v) is 43.0. The lowest BCUT2D eigenvalue weighted by atomic mass is 10.0. The second-order valence-corrected chi connectivity index (χ2v) is 31.6. The van der Waals surface area contributed by atoms with Gasteiger partial charge in [-0.05, 0) is 37.5 Å². The number of esters is 4. The highest BCUT2D eigenvalue weighted by molar-refractivity contribution is 7.47. The van der Waals surface area contributed by atoms with E-state index in [1.165, 1.54) is 212 Å². The van der Waals surface area contributed by atoms with E-state index in [0.29, 0.717) is 25.7 Å². The highest BCUT2D eigenvalue weighted by Gasteiger charge is 2.30. The van der Waals surface area contributed by atoms with E-state index in [2.05, 4.69) is 41.5 Å². The third kappa shape index (κ3) is 70.5. The molecule has 0 amide bonds. The molecule has 0 aliphatic carbocycles. The standard InChI is InChI=1S/C77H150O17P2/c1-7-9-11-13-14-15-16-17-18-19-20-21-22-23-24-29-32-38-43-49-55-61-77(82)94-73(66-88-75(80)60-54-48-42-37-31-28-26-25-27-30-35-40-46-51-57-69(3)4)68-92-96(85,86)90-64-71(78)63-89-95(83,84)91-67-72(65-87-74(79)59-53-45-12-10-8-2)93-76(81)62-56-50-44-39-34-33-36-41-47-52-58-70(5)6/h69-73,78H,7-68H2,1-6H3,(H,83,84)(H,85,86)/t71-,72+,73+/m0/s1. The molecule has 0 heterocycles. The lowest BCUT2D eigenvalue weighted by Crippen LogP contribution is -2.30. The minimum atomic E-state index is -4.96. The highest BCUT2D eigenvalue weighted by atomic mass is 31.2. The Balaban J connectivity index is 5.12. The number of aliphatic hydroxyl groups is 1. The molecule has 0 rings (SSSR count). The zero-order chi connectivity index (χ0) is 70.7. The molecule has 3 N–H and O–H groups in total. The van der Waals surface area contributed by atoms with Crippen molar-refractivity contribution < 1.29 is 80.2 Å². The average molecular weight is 1410 g/mol. The number of aliphatic hydroxyl groups excluding tert-OH is 1. The maximum absolute atomic E-state index is 13.1. The predicted octanol–water partition coefficient (Wildman–Crippen LogP) is 22.7. The van der Waals surface area contributed by atoms with Gasteiger partial charge in [0, 0.05) is 25.7 Å². The number of ether oxygens (including phenoxy) is 4. The quantitative estimate of drug-likeness (QED) is 0.0222. The Kier molecular flexibility index (Phi) is 67.4. The molecule has 0 fully saturated rings. The van der Waals surface area contributed by atoms with Gasteiger partial charge in [0.05, 0.1) is 26.4 Å². The fourth-order valence-corrected chi connectivity index (χ4v) is 13.4. The van der Waals surface area contributed by atoms with Crippen LogP contribution >= 0.6 is 15.6 Å². The maximum atomic E-state index is 13.1. The van der Waals surface area contributed by atoms with Gasteiger partial charge in [0.15, 0.2) is 12.2 Å². The van der Waals surface area contributed by atoms with E-state index in [1.807, 2.05) is 0 Å². The molecular formula is C77H150O17P2. The Labute approximate surface area is 588 Å². The number of unbranched alkanes of at least 4 members (excludes halogenated alkanes) is 46. The van der Waals surface area contributed by atoms with E-state index >= 15 is 0 Å². The van der Waals surface area contributed by atoms with E-state index in [-0.39, 0.29) is 25.7 Å². The third-order valence-electron chi connectivity index (χ3n) is 18.0. The summed E-state index contributed by atoms with van der Waals surface area (Å²) in [5.41, 5.74) is 0. The van der Waals surface area contributed by atoms with Gasteiger partial charge in [-0.3, -0.25) is 37.3 Å². The van der Waals surface area contributed by atoms with Gasteiger partial charge in [-0.15, -0.1) is 0 Å². The largest absolute Gasteiger partial charge is 0.472 e. The summed E-state index contributed by atoms with van der Waals surface area (Å²) in [4.78, 5) is 72.5. The summed E-state index contributed by atoms with van der Waals surface area (Å²) in [6.45, 7) is 9.52. The molecule has 96 heavy (non-hydrogen) atoms. The van der Waals surface area contributed by atoms with Gasteiger partial charge in [-0.25, -0.2) is 9.13 Å². The van der Waals surface area contributed by atoms with Crippen molar-refractivity contribution >= 4 is 39.5 Å². The molecule has 0 aromatic carbocycles. The van der Waals surface area contributed by atoms with Crippen molar-refractivity contribution in [1.82, 2.24) is 0 Å². The molecule has 2 unspecified atom stereocenters. The Morgan fingerprint density at radius 2 is 0.479 bits per heavy atom. The number of rotatable bonds is 76. The van der Waals surface area contributed by atoms with Crippen molar-refractivity contribution in [1.29, 1.82) is 0 Å². The van der Waals surface area contributed by atoms with Crippen molar-refractivity contribution in [3.05, 3.63) is 0 Å². The summed E-state index contributed by atoms with van der Waals surface area (Å²) in [5, 5.41) is 10.6. The van der Waals surface area contributed by atoms with Crippen LogP contribution in [0.25, 0.3) is 0 Å². The van der Waals surface area contributed by atoms with Crippen LogP contribution < -0.4 is 0 Å². The van der Waals surface area contributed by atoms with Crippen molar-refractivity contribution in [2.45, 2.75) is 419 Å². The SMILES string of the molecule is CCCCCCCCCCCCCCCCCCCCCCCC(=O)O[C@H](COC(=O)CCCCCCCCCCCCCCCCC(C)C)COP(=O)(O)OC[C@@H](O)COP(=O)(O)OC[C@@H](COC(=O)CCCCCCC)OC(=O)CCCCCCCCCCCCC(C)C. The zero-order valence-corrected chi connectivity index (χ0v) is 64.5. The van der Waals surface area contributed by atoms with Gasteiger partial charge >= 0.3 is 39.5 Å². The van der Waals surface area contributed by atoms with E-state index in [9.17, 15) is 43.2 Å². The molecule has 0 aromatic rings. The lowest BCUT2D eigenvalue weighted by molar-refractivity contribution is -0.161. The molecule has 19 heteroatoms. The molecule has 0 spiro atoms. The van der Waals surface area contributed by atoms with Crippen LogP contribution in [0.3, 0.4) is 0 Å². The van der Waals surface area contributed by atoms with E-state index in [1.54, 1.807) is 0 Å². The van der Waals surface area contributed by atoms with Gasteiger partial charge < -0.3 is 33.8 Å². The predicted molar refractivity (Wildman–Crippen MR) is 391 cm³/mol. The fraction of sp³-hybridized carbons (Fsp3) is 0.948. The normalized spacial score (nSPS) is 14.0. The number of hydrogen-bond donors (Lipinski definition) is 3. The summed E-state index contributed by atoms with van der Waals surface area (Å²) in [7, 11) is -9.90. The molecule has 0 aliphatic heterocycles. The second kappa shape index (κ2) is 68.8. The first-order valence-electron chi connectivity index (χ1n) is 40.0. The second-order valence-electron chi connectivity index (χ2n) is 28.7. The van der Waals surface area contributed by atoms with E-state index < -0.39 is 97.5 Å². The fourth-order valence-electron chi connectivity index (χ4n) is 11.8. The van der Waals surface area contributed by atoms with Crippen LogP contribution in [0.15, 0.2) is 0 Å². The molecule has 0 bridgehead atoms. The summed E-state index contributed by atoms with van der Waals surface area (Å²) in [6, 6.07) is 0. The monoisotopic (exact) mass is 1410 g/mol. The van der Waals surface area contributed by atoms with E-state index in [4.69, 9.17) is 37.0 Å². The molecule has 0 aliphatic rings. The molecule has 0 saturated carbocycles. The Morgan fingerprint density at radius 1 is 0.281 bits per heavy atom. The summed E-state index contributed by atoms with van der Waals surface area (Å²) in [6.07, 6.45) is 57.4. The molecule has 0 saturated heterocycles. The van der Waals surface area contributed by atoms with Crippen LogP contribution in [0.2, 0.25) is 0 Å². The van der Waals surface area contributed by atoms with Crippen LogP contribution in [0.5, 0.6) is 0 Å². The van der Waals surface area contributed by atoms with Crippen molar-refractivity contribution in [3.63, 3.8) is 0 Å². The molecule has 17 nitrogen and oxygen atoms in total. The molecule has 570 valence electrons. The van der Waals surface area contributed by atoms with Gasteiger partial charge in [0.25, 0.3) is 0 Å². The average Bonchev–Trinajstić information content (AvgIpc) is 1.27. The molecular weight excluding hydrogens is 1260 g/mol. The van der Waals surface area contributed by atoms with Crippen molar-refractivity contribution in [3.8, 4) is 0 Å². The number of hydrogen-bond acceptors (Lipinski definition) is 15. The van der Waals surface area contributed by atoms with Gasteiger partial charge in [0.1, 0.15) is 19.3 Å². The van der Waals surface area contributed by atoms with Crippen molar-refractivity contribution in [2.75, 3.05) is 39.6 Å². The molecule has 0 aromatic heterocycles. The number of carbonyl (C=O) groups is 4. The van der Waals surface area contributed by atoms with Gasteiger partial charge in [-0.2, -0.15) is 0 Å². The first kappa shape index (κ1) is 94.1. The van der Waals surface area contributed by atoms with E-state index in [0.717, 1.165) is 108 Å². The van der Waals surface area contributed by atoms with Gasteiger partial charge in [-0.1, -0.05) is 350 Å². The first-order chi connectivity index (χ1) is 46.4. The minimum absolute atomic E-state index is 0.105. The summed E-state index contributed by atoms with van der Waals surface area (Å²) >= 11 is 0. The maximum Gasteiger partial charge on any atom is 0.472 e. The van der Waals surface area contributed by atoms with Crippen LogP contribution in [-0.2, 0) is 65.4 Å². The van der Waals surface area contributed by atoms with Gasteiger partial charge in [0.2, 0.25) is 0 Å². The van der Waals surface area contributed by atoms with Crippen LogP contribution in [0.4, 0.5) is 0 Å². The Hall–Kier alpha value is -1.94. The molecule has 5 atom stereocenters. The Morgan fingerprint density at radius 3 is 0.708 bits per heavy atom.